The number of carboxylic acids is 1. The van der Waals surface area contributed by atoms with Crippen molar-refractivity contribution in [2.24, 2.45) is 0 Å². The van der Waals surface area contributed by atoms with E-state index in [0.29, 0.717) is 0 Å². The molecule has 0 atom stereocenters. The molecule has 0 saturated carbocycles. The number of rotatable bonds is 3. The zero-order valence-corrected chi connectivity index (χ0v) is 11.4. The molecule has 1 heterocycles. The van der Waals surface area contributed by atoms with E-state index in [1.54, 1.807) is 0 Å². The summed E-state index contributed by atoms with van der Waals surface area (Å²) in [7, 11) is 0. The predicted molar refractivity (Wildman–Crippen MR) is 68.2 cm³/mol. The van der Waals surface area contributed by atoms with Crippen molar-refractivity contribution >= 4 is 33.5 Å². The molecule has 0 spiro atoms. The molecule has 98 valence electrons. The van der Waals surface area contributed by atoms with Crippen LogP contribution in [-0.4, -0.2) is 21.0 Å². The first kappa shape index (κ1) is 13.7. The van der Waals surface area contributed by atoms with Gasteiger partial charge in [-0.05, 0) is 22.0 Å². The van der Waals surface area contributed by atoms with Crippen molar-refractivity contribution in [1.29, 1.82) is 0 Å². The Hall–Kier alpha value is -1.73. The van der Waals surface area contributed by atoms with Crippen molar-refractivity contribution in [3.8, 4) is 11.6 Å². The zero-order chi connectivity index (χ0) is 14.0. The highest BCUT2D eigenvalue weighted by molar-refractivity contribution is 9.10. The van der Waals surface area contributed by atoms with Crippen LogP contribution in [-0.2, 0) is 0 Å². The number of benzene rings is 1. The maximum Gasteiger partial charge on any atom is 0.356 e. The molecule has 1 aromatic heterocycles. The molecule has 0 bridgehead atoms. The summed E-state index contributed by atoms with van der Waals surface area (Å²) in [5.74, 6) is -1.89. The Kier molecular flexibility index (Phi) is 3.96. The molecule has 0 saturated heterocycles. The van der Waals surface area contributed by atoms with Crippen LogP contribution >= 0.6 is 27.5 Å². The first-order valence-corrected chi connectivity index (χ1v) is 6.02. The van der Waals surface area contributed by atoms with Crippen molar-refractivity contribution < 1.29 is 19.0 Å². The first-order valence-electron chi connectivity index (χ1n) is 4.85. The second-order valence-electron chi connectivity index (χ2n) is 3.35. The summed E-state index contributed by atoms with van der Waals surface area (Å²) in [6, 6.07) is 2.38. The van der Waals surface area contributed by atoms with Crippen molar-refractivity contribution in [3.05, 3.63) is 45.5 Å². The molecule has 1 aromatic carbocycles. The lowest BCUT2D eigenvalue weighted by atomic mass is 10.3. The van der Waals surface area contributed by atoms with Gasteiger partial charge in [0.25, 0.3) is 0 Å². The lowest BCUT2D eigenvalue weighted by Gasteiger charge is -2.07. The van der Waals surface area contributed by atoms with Gasteiger partial charge in [-0.2, -0.15) is 0 Å². The van der Waals surface area contributed by atoms with E-state index in [4.69, 9.17) is 21.4 Å². The van der Waals surface area contributed by atoms with E-state index in [0.717, 1.165) is 12.3 Å². The number of aromatic carboxylic acids is 1. The van der Waals surface area contributed by atoms with Crippen LogP contribution in [0.25, 0.3) is 0 Å². The van der Waals surface area contributed by atoms with E-state index in [1.165, 1.54) is 12.3 Å². The molecule has 19 heavy (non-hydrogen) atoms. The number of hydrogen-bond acceptors (Lipinski definition) is 4. The predicted octanol–water partition coefficient (Wildman–Crippen LogP) is 3.52. The van der Waals surface area contributed by atoms with Gasteiger partial charge in [0.15, 0.2) is 11.4 Å². The van der Waals surface area contributed by atoms with Gasteiger partial charge in [-0.1, -0.05) is 11.6 Å². The lowest BCUT2D eigenvalue weighted by molar-refractivity contribution is 0.0689. The van der Waals surface area contributed by atoms with Gasteiger partial charge < -0.3 is 9.84 Å². The molecule has 0 aliphatic carbocycles. The maximum atomic E-state index is 13.4. The van der Waals surface area contributed by atoms with Crippen LogP contribution in [0.1, 0.15) is 10.5 Å². The first-order chi connectivity index (χ1) is 8.97. The molecule has 2 aromatic rings. The Bertz CT molecular complexity index is 654. The fraction of sp³-hybridized carbons (Fsp3) is 0. The second kappa shape index (κ2) is 5.50. The number of halogens is 3. The van der Waals surface area contributed by atoms with Crippen LogP contribution in [0.3, 0.4) is 0 Å². The minimum absolute atomic E-state index is 0.0132. The Morgan fingerprint density at radius 3 is 2.84 bits per heavy atom. The minimum Gasteiger partial charge on any atom is -0.476 e. The van der Waals surface area contributed by atoms with Gasteiger partial charge in [-0.25, -0.2) is 14.2 Å². The van der Waals surface area contributed by atoms with Crippen LogP contribution in [0.5, 0.6) is 11.6 Å². The average Bonchev–Trinajstić information content (AvgIpc) is 2.36. The van der Waals surface area contributed by atoms with Gasteiger partial charge in [0.1, 0.15) is 5.82 Å². The summed E-state index contributed by atoms with van der Waals surface area (Å²) >= 11 is 8.84. The van der Waals surface area contributed by atoms with E-state index in [-0.39, 0.29) is 26.8 Å². The summed E-state index contributed by atoms with van der Waals surface area (Å²) in [5.41, 5.74) is -0.286. The third-order valence-electron chi connectivity index (χ3n) is 2.02. The van der Waals surface area contributed by atoms with Gasteiger partial charge in [-0.15, -0.1) is 0 Å². The Morgan fingerprint density at radius 1 is 1.42 bits per heavy atom. The summed E-state index contributed by atoms with van der Waals surface area (Å²) in [4.78, 5) is 18.1. The molecular weight excluding hydrogens is 342 g/mol. The molecule has 2 rings (SSSR count). The normalized spacial score (nSPS) is 10.3. The molecule has 0 amide bonds. The highest BCUT2D eigenvalue weighted by atomic mass is 79.9. The number of aromatic nitrogens is 2. The van der Waals surface area contributed by atoms with E-state index in [9.17, 15) is 9.18 Å². The topological polar surface area (TPSA) is 72.3 Å². The van der Waals surface area contributed by atoms with Crippen molar-refractivity contribution in [2.75, 3.05) is 0 Å². The SMILES string of the molecule is O=C(O)c1cncc(Oc2cc(F)c(Br)cc2Cl)n1. The van der Waals surface area contributed by atoms with E-state index < -0.39 is 11.8 Å². The Morgan fingerprint density at radius 2 is 2.16 bits per heavy atom. The molecule has 0 unspecified atom stereocenters. The summed E-state index contributed by atoms with van der Waals surface area (Å²) in [6.07, 6.45) is 2.27. The summed E-state index contributed by atoms with van der Waals surface area (Å²) in [6.45, 7) is 0. The standard InChI is InChI=1S/C11H5BrClFN2O3/c12-5-1-6(13)9(2-7(5)14)19-10-4-15-3-8(16-10)11(17)18/h1-4H,(H,17,18). The molecule has 0 radical (unpaired) electrons. The fourth-order valence-electron chi connectivity index (χ4n) is 1.20. The molecule has 0 aliphatic rings. The van der Waals surface area contributed by atoms with Gasteiger partial charge in [-0.3, -0.25) is 4.98 Å². The maximum absolute atomic E-state index is 13.4. The third kappa shape index (κ3) is 3.18. The third-order valence-corrected chi connectivity index (χ3v) is 2.92. The molecule has 0 aliphatic heterocycles. The van der Waals surface area contributed by atoms with Gasteiger partial charge in [0.05, 0.1) is 21.9 Å². The highest BCUT2D eigenvalue weighted by Crippen LogP contribution is 2.32. The summed E-state index contributed by atoms with van der Waals surface area (Å²) < 4.78 is 18.7. The molecule has 1 N–H and O–H groups in total. The smallest absolute Gasteiger partial charge is 0.356 e. The summed E-state index contributed by atoms with van der Waals surface area (Å²) in [5, 5.41) is 8.91. The van der Waals surface area contributed by atoms with Gasteiger partial charge in [0, 0.05) is 6.07 Å². The number of hydrogen-bond donors (Lipinski definition) is 1. The second-order valence-corrected chi connectivity index (χ2v) is 4.61. The van der Waals surface area contributed by atoms with Crippen LogP contribution < -0.4 is 4.74 Å². The van der Waals surface area contributed by atoms with Crippen molar-refractivity contribution in [2.45, 2.75) is 0 Å². The number of ether oxygens (including phenoxy) is 1. The highest BCUT2D eigenvalue weighted by Gasteiger charge is 2.12. The zero-order valence-electron chi connectivity index (χ0n) is 9.10. The van der Waals surface area contributed by atoms with Gasteiger partial charge >= 0.3 is 5.97 Å². The number of nitrogens with zero attached hydrogens (tertiary/aromatic N) is 2. The molecule has 0 fully saturated rings. The van der Waals surface area contributed by atoms with Gasteiger partial charge in [0.2, 0.25) is 5.88 Å². The number of carbonyl (C=O) groups is 1. The van der Waals surface area contributed by atoms with Crippen molar-refractivity contribution in [3.63, 3.8) is 0 Å². The fourth-order valence-corrected chi connectivity index (χ4v) is 1.87. The van der Waals surface area contributed by atoms with E-state index in [2.05, 4.69) is 25.9 Å². The van der Waals surface area contributed by atoms with Crippen LogP contribution in [0, 0.1) is 5.82 Å². The monoisotopic (exact) mass is 346 g/mol. The van der Waals surface area contributed by atoms with Crippen LogP contribution in [0.4, 0.5) is 4.39 Å². The van der Waals surface area contributed by atoms with Crippen LogP contribution in [0.15, 0.2) is 29.0 Å². The Balaban J connectivity index is 2.33. The lowest BCUT2D eigenvalue weighted by Crippen LogP contribution is -2.02. The average molecular weight is 348 g/mol. The molecular formula is C11H5BrClFN2O3. The largest absolute Gasteiger partial charge is 0.476 e. The van der Waals surface area contributed by atoms with Crippen molar-refractivity contribution in [1.82, 2.24) is 9.97 Å². The Labute approximate surface area is 120 Å². The number of carboxylic acid groups (broad SMARTS) is 1. The van der Waals surface area contributed by atoms with E-state index in [1.807, 2.05) is 0 Å². The molecule has 8 heteroatoms. The molecule has 5 nitrogen and oxygen atoms in total. The van der Waals surface area contributed by atoms with E-state index >= 15 is 0 Å². The van der Waals surface area contributed by atoms with Crippen LogP contribution in [0.2, 0.25) is 5.02 Å². The quantitative estimate of drug-likeness (QED) is 0.860. The minimum atomic E-state index is -1.24.